The van der Waals surface area contributed by atoms with E-state index in [4.69, 9.17) is 0 Å². The first-order chi connectivity index (χ1) is 14.5. The predicted molar refractivity (Wildman–Crippen MR) is 117 cm³/mol. The van der Waals surface area contributed by atoms with E-state index in [-0.39, 0.29) is 10.8 Å². The second-order valence-corrected chi connectivity index (χ2v) is 9.88. The van der Waals surface area contributed by atoms with Crippen molar-refractivity contribution in [3.8, 4) is 0 Å². The van der Waals surface area contributed by atoms with Crippen molar-refractivity contribution in [3.63, 3.8) is 0 Å². The molecule has 0 radical (unpaired) electrons. The molecule has 2 fully saturated rings. The van der Waals surface area contributed by atoms with Crippen molar-refractivity contribution in [2.45, 2.75) is 49.3 Å². The van der Waals surface area contributed by atoms with Gasteiger partial charge >= 0.3 is 0 Å². The molecule has 1 saturated heterocycles. The van der Waals surface area contributed by atoms with Gasteiger partial charge in [0.05, 0.1) is 4.90 Å². The van der Waals surface area contributed by atoms with Crippen LogP contribution in [0.4, 0.5) is 0 Å². The van der Waals surface area contributed by atoms with Crippen LogP contribution in [0.25, 0.3) is 0 Å². The summed E-state index contributed by atoms with van der Waals surface area (Å²) in [5.74, 6) is 0.152. The van der Waals surface area contributed by atoms with Crippen molar-refractivity contribution in [2.75, 3.05) is 13.1 Å². The van der Waals surface area contributed by atoms with Crippen LogP contribution in [0.3, 0.4) is 0 Å². The quantitative estimate of drug-likeness (QED) is 0.738. The predicted octanol–water partition coefficient (Wildman–Crippen LogP) is 3.91. The van der Waals surface area contributed by atoms with Crippen molar-refractivity contribution in [3.05, 3.63) is 65.7 Å². The fourth-order valence-corrected chi connectivity index (χ4v) is 5.75. The number of rotatable bonds is 5. The molecule has 0 atom stereocenters. The standard InChI is InChI=1S/C23H27N3O3S/c27-23(20-9-6-10-22(17-20)30(28,29)26-15-4-5-16-26)25-24-21-13-11-19(12-14-21)18-7-2-1-3-8-18/h1-3,6-10,17,19H,4-5,11-16H2,(H,25,27). The van der Waals surface area contributed by atoms with E-state index in [1.165, 1.54) is 15.9 Å². The Morgan fingerprint density at radius 2 is 1.67 bits per heavy atom. The maximum atomic E-state index is 12.7. The lowest BCUT2D eigenvalue weighted by Crippen LogP contribution is -2.28. The van der Waals surface area contributed by atoms with Gasteiger partial charge in [-0.1, -0.05) is 36.4 Å². The third-order valence-corrected chi connectivity index (χ3v) is 7.84. The van der Waals surface area contributed by atoms with Crippen LogP contribution in [0, 0.1) is 0 Å². The number of nitrogens with zero attached hydrogens (tertiary/aromatic N) is 2. The third-order valence-electron chi connectivity index (χ3n) is 5.95. The number of amides is 1. The first kappa shape index (κ1) is 20.8. The molecule has 4 rings (SSSR count). The minimum absolute atomic E-state index is 0.160. The second kappa shape index (κ2) is 9.10. The van der Waals surface area contributed by atoms with Crippen molar-refractivity contribution >= 4 is 21.6 Å². The van der Waals surface area contributed by atoms with E-state index in [2.05, 4.69) is 34.8 Å². The summed E-state index contributed by atoms with van der Waals surface area (Å²) in [6.07, 6.45) is 5.49. The first-order valence-corrected chi connectivity index (χ1v) is 12.0. The van der Waals surface area contributed by atoms with E-state index in [9.17, 15) is 13.2 Å². The van der Waals surface area contributed by atoms with Crippen molar-refractivity contribution < 1.29 is 13.2 Å². The van der Waals surface area contributed by atoms with Crippen LogP contribution in [0.15, 0.2) is 64.6 Å². The van der Waals surface area contributed by atoms with E-state index >= 15 is 0 Å². The molecule has 30 heavy (non-hydrogen) atoms. The largest absolute Gasteiger partial charge is 0.271 e. The number of benzene rings is 2. The van der Waals surface area contributed by atoms with Gasteiger partial charge in [0.2, 0.25) is 10.0 Å². The fourth-order valence-electron chi connectivity index (χ4n) is 4.19. The van der Waals surface area contributed by atoms with E-state index < -0.39 is 10.0 Å². The lowest BCUT2D eigenvalue weighted by atomic mass is 9.83. The molecule has 1 aliphatic carbocycles. The number of hydrazone groups is 1. The average molecular weight is 426 g/mol. The molecular weight excluding hydrogens is 398 g/mol. The molecular formula is C23H27N3O3S. The highest BCUT2D eigenvalue weighted by Gasteiger charge is 2.27. The summed E-state index contributed by atoms with van der Waals surface area (Å²) in [7, 11) is -3.55. The van der Waals surface area contributed by atoms with Gasteiger partial charge in [0.25, 0.3) is 5.91 Å². The van der Waals surface area contributed by atoms with Crippen molar-refractivity contribution in [1.29, 1.82) is 0 Å². The van der Waals surface area contributed by atoms with Gasteiger partial charge in [-0.3, -0.25) is 4.79 Å². The molecule has 0 unspecified atom stereocenters. The van der Waals surface area contributed by atoms with E-state index in [1.807, 2.05) is 6.07 Å². The Labute approximate surface area is 178 Å². The zero-order chi connectivity index (χ0) is 21.0. The fraction of sp³-hybridized carbons (Fsp3) is 0.391. The van der Waals surface area contributed by atoms with Crippen LogP contribution < -0.4 is 5.43 Å². The molecule has 1 amide bonds. The van der Waals surface area contributed by atoms with Gasteiger partial charge in [-0.05, 0) is 68.2 Å². The topological polar surface area (TPSA) is 78.8 Å². The Morgan fingerprint density at radius 3 is 2.37 bits per heavy atom. The number of sulfonamides is 1. The van der Waals surface area contributed by atoms with Gasteiger partial charge in [0.1, 0.15) is 0 Å². The highest BCUT2D eigenvalue weighted by molar-refractivity contribution is 7.89. The zero-order valence-electron chi connectivity index (χ0n) is 17.0. The molecule has 2 aromatic carbocycles. The molecule has 0 spiro atoms. The van der Waals surface area contributed by atoms with Crippen molar-refractivity contribution in [2.24, 2.45) is 5.10 Å². The Hall–Kier alpha value is -2.51. The molecule has 0 aromatic heterocycles. The first-order valence-electron chi connectivity index (χ1n) is 10.5. The Balaban J connectivity index is 1.38. The number of hydrogen-bond donors (Lipinski definition) is 1. The third kappa shape index (κ3) is 4.63. The smallest absolute Gasteiger partial charge is 0.267 e. The number of carbonyl (C=O) groups is 1. The molecule has 1 saturated carbocycles. The minimum atomic E-state index is -3.55. The summed E-state index contributed by atoms with van der Waals surface area (Å²) < 4.78 is 26.9. The van der Waals surface area contributed by atoms with Gasteiger partial charge in [-0.2, -0.15) is 9.41 Å². The summed E-state index contributed by atoms with van der Waals surface area (Å²) in [5, 5.41) is 4.31. The number of hydrogen-bond acceptors (Lipinski definition) is 4. The minimum Gasteiger partial charge on any atom is -0.267 e. The molecule has 1 N–H and O–H groups in total. The maximum absolute atomic E-state index is 12.7. The van der Waals surface area contributed by atoms with E-state index in [1.54, 1.807) is 18.2 Å². The van der Waals surface area contributed by atoms with Crippen LogP contribution >= 0.6 is 0 Å². The van der Waals surface area contributed by atoms with Gasteiger partial charge < -0.3 is 0 Å². The Kier molecular flexibility index (Phi) is 6.29. The van der Waals surface area contributed by atoms with Crippen LogP contribution in [0.5, 0.6) is 0 Å². The number of carbonyl (C=O) groups excluding carboxylic acids is 1. The summed E-state index contributed by atoms with van der Waals surface area (Å²) >= 11 is 0. The average Bonchev–Trinajstić information content (AvgIpc) is 3.34. The zero-order valence-corrected chi connectivity index (χ0v) is 17.8. The van der Waals surface area contributed by atoms with Gasteiger partial charge in [-0.15, -0.1) is 0 Å². The normalized spacial score (nSPS) is 20.1. The molecule has 2 aromatic rings. The molecule has 1 aliphatic heterocycles. The van der Waals surface area contributed by atoms with Crippen LogP contribution in [0.1, 0.15) is 60.4 Å². The molecule has 158 valence electrons. The van der Waals surface area contributed by atoms with E-state index in [0.717, 1.165) is 44.2 Å². The van der Waals surface area contributed by atoms with E-state index in [0.29, 0.717) is 24.6 Å². The SMILES string of the molecule is O=C(NN=C1CCC(c2ccccc2)CC1)c1cccc(S(=O)(=O)N2CCCC2)c1. The maximum Gasteiger partial charge on any atom is 0.271 e. The summed E-state index contributed by atoms with van der Waals surface area (Å²) in [6, 6.07) is 16.7. The molecule has 6 nitrogen and oxygen atoms in total. The van der Waals surface area contributed by atoms with Gasteiger partial charge in [-0.25, -0.2) is 13.8 Å². The van der Waals surface area contributed by atoms with Crippen LogP contribution in [-0.2, 0) is 10.0 Å². The van der Waals surface area contributed by atoms with Crippen LogP contribution in [-0.4, -0.2) is 37.4 Å². The van der Waals surface area contributed by atoms with Gasteiger partial charge in [0, 0.05) is 24.4 Å². The Bertz CT molecular complexity index is 1020. The highest BCUT2D eigenvalue weighted by atomic mass is 32.2. The highest BCUT2D eigenvalue weighted by Crippen LogP contribution is 2.31. The summed E-state index contributed by atoms with van der Waals surface area (Å²) in [4.78, 5) is 12.7. The summed E-state index contributed by atoms with van der Waals surface area (Å²) in [5.41, 5.74) is 5.26. The van der Waals surface area contributed by atoms with Gasteiger partial charge in [0.15, 0.2) is 0 Å². The van der Waals surface area contributed by atoms with Crippen LogP contribution in [0.2, 0.25) is 0 Å². The molecule has 7 heteroatoms. The molecule has 2 aliphatic rings. The monoisotopic (exact) mass is 425 g/mol. The molecule has 1 heterocycles. The number of nitrogens with one attached hydrogen (secondary N) is 1. The summed E-state index contributed by atoms with van der Waals surface area (Å²) in [6.45, 7) is 1.08. The van der Waals surface area contributed by atoms with Crippen molar-refractivity contribution in [1.82, 2.24) is 9.73 Å². The molecule has 0 bridgehead atoms. The second-order valence-electron chi connectivity index (χ2n) is 7.94. The lowest BCUT2D eigenvalue weighted by molar-refractivity contribution is 0.0954. The Morgan fingerprint density at radius 1 is 0.967 bits per heavy atom. The lowest BCUT2D eigenvalue weighted by Gasteiger charge is -2.23.